The van der Waals surface area contributed by atoms with Gasteiger partial charge in [0.1, 0.15) is 6.04 Å². The van der Waals surface area contributed by atoms with E-state index < -0.39 is 6.04 Å². The molecule has 0 aliphatic carbocycles. The predicted octanol–water partition coefficient (Wildman–Crippen LogP) is 4.54. The molecule has 3 aromatic carbocycles. The highest BCUT2D eigenvalue weighted by Gasteiger charge is 2.41. The lowest BCUT2D eigenvalue weighted by molar-refractivity contribution is -0.124. The average molecular weight is 475 g/mol. The van der Waals surface area contributed by atoms with E-state index in [4.69, 9.17) is 26.1 Å². The number of para-hydroxylation sites is 2. The van der Waals surface area contributed by atoms with Crippen LogP contribution in [0.4, 0.5) is 11.6 Å². The number of ether oxygens (including phenoxy) is 2. The fourth-order valence-corrected chi connectivity index (χ4v) is 4.51. The SMILES string of the molecule is O=C(C[C@@H]1C(=O)N(Cc2ccc3c(c2)OCO3)c2nc3ccccc3n21)Nc1ccc(Cl)cc1. The van der Waals surface area contributed by atoms with Crippen molar-refractivity contribution in [1.82, 2.24) is 9.55 Å². The Morgan fingerprint density at radius 1 is 1.06 bits per heavy atom. The van der Waals surface area contributed by atoms with Gasteiger partial charge in [-0.1, -0.05) is 29.8 Å². The number of halogens is 1. The molecule has 1 aromatic heterocycles. The molecule has 1 N–H and O–H groups in total. The van der Waals surface area contributed by atoms with E-state index >= 15 is 0 Å². The van der Waals surface area contributed by atoms with Crippen molar-refractivity contribution in [3.63, 3.8) is 0 Å². The number of rotatable bonds is 5. The molecule has 0 saturated carbocycles. The fraction of sp³-hybridized carbons (Fsp3) is 0.160. The number of fused-ring (bicyclic) bond motifs is 4. The van der Waals surface area contributed by atoms with Crippen LogP contribution in [0.5, 0.6) is 11.5 Å². The van der Waals surface area contributed by atoms with Gasteiger partial charge in [-0.05, 0) is 54.1 Å². The summed E-state index contributed by atoms with van der Waals surface area (Å²) in [5, 5.41) is 3.43. The topological polar surface area (TPSA) is 85.7 Å². The number of hydrogen-bond acceptors (Lipinski definition) is 5. The second-order valence-electron chi connectivity index (χ2n) is 8.16. The Kier molecular flexibility index (Phi) is 4.88. The maximum atomic E-state index is 13.5. The van der Waals surface area contributed by atoms with E-state index in [1.54, 1.807) is 29.2 Å². The summed E-state index contributed by atoms with van der Waals surface area (Å²) in [6.45, 7) is 0.482. The molecule has 8 nitrogen and oxygen atoms in total. The first-order valence-corrected chi connectivity index (χ1v) is 11.2. The van der Waals surface area contributed by atoms with Crippen molar-refractivity contribution in [3.05, 3.63) is 77.3 Å². The Bertz CT molecular complexity index is 1430. The Hall–Kier alpha value is -4.04. The Morgan fingerprint density at radius 3 is 2.71 bits per heavy atom. The molecule has 6 rings (SSSR count). The number of amides is 2. The highest BCUT2D eigenvalue weighted by Crippen LogP contribution is 2.39. The molecule has 0 unspecified atom stereocenters. The first-order valence-electron chi connectivity index (χ1n) is 10.8. The lowest BCUT2D eigenvalue weighted by Crippen LogP contribution is -2.31. The normalized spacial score (nSPS) is 16.2. The van der Waals surface area contributed by atoms with Crippen molar-refractivity contribution in [3.8, 4) is 11.5 Å². The number of anilines is 2. The lowest BCUT2D eigenvalue weighted by Gasteiger charge is -2.16. The third-order valence-electron chi connectivity index (χ3n) is 5.97. The van der Waals surface area contributed by atoms with Crippen LogP contribution in [0.25, 0.3) is 11.0 Å². The van der Waals surface area contributed by atoms with Gasteiger partial charge in [0.05, 0.1) is 24.0 Å². The molecule has 0 bridgehead atoms. The molecule has 0 fully saturated rings. The quantitative estimate of drug-likeness (QED) is 0.459. The third kappa shape index (κ3) is 3.52. The minimum atomic E-state index is -0.705. The molecule has 2 amide bonds. The molecule has 34 heavy (non-hydrogen) atoms. The van der Waals surface area contributed by atoms with Crippen LogP contribution in [0.15, 0.2) is 66.7 Å². The van der Waals surface area contributed by atoms with Crippen molar-refractivity contribution in [2.24, 2.45) is 0 Å². The lowest BCUT2D eigenvalue weighted by atomic mass is 10.1. The second kappa shape index (κ2) is 8.07. The molecular weight excluding hydrogens is 456 g/mol. The van der Waals surface area contributed by atoms with Gasteiger partial charge in [-0.15, -0.1) is 0 Å². The molecule has 0 radical (unpaired) electrons. The number of nitrogens with zero attached hydrogens (tertiary/aromatic N) is 3. The maximum Gasteiger partial charge on any atom is 0.253 e. The summed E-state index contributed by atoms with van der Waals surface area (Å²) in [5.41, 5.74) is 3.07. The van der Waals surface area contributed by atoms with Crippen molar-refractivity contribution in [2.75, 3.05) is 17.0 Å². The van der Waals surface area contributed by atoms with Gasteiger partial charge in [0.25, 0.3) is 5.91 Å². The van der Waals surface area contributed by atoms with Crippen LogP contribution in [-0.2, 0) is 16.1 Å². The number of imidazole rings is 1. The van der Waals surface area contributed by atoms with Gasteiger partial charge >= 0.3 is 0 Å². The first-order chi connectivity index (χ1) is 16.6. The number of aromatic nitrogens is 2. The number of benzene rings is 3. The van der Waals surface area contributed by atoms with Gasteiger partial charge in [-0.25, -0.2) is 4.98 Å². The van der Waals surface area contributed by atoms with Crippen LogP contribution in [0, 0.1) is 0 Å². The molecule has 0 spiro atoms. The maximum absolute atomic E-state index is 13.5. The van der Waals surface area contributed by atoms with E-state index in [0.717, 1.165) is 16.6 Å². The van der Waals surface area contributed by atoms with E-state index in [0.29, 0.717) is 34.7 Å². The smallest absolute Gasteiger partial charge is 0.253 e. The Balaban J connectivity index is 1.31. The van der Waals surface area contributed by atoms with E-state index in [1.165, 1.54) is 0 Å². The Morgan fingerprint density at radius 2 is 1.85 bits per heavy atom. The third-order valence-corrected chi connectivity index (χ3v) is 6.22. The predicted molar refractivity (Wildman–Crippen MR) is 127 cm³/mol. The minimum Gasteiger partial charge on any atom is -0.454 e. The highest BCUT2D eigenvalue weighted by atomic mass is 35.5. The highest BCUT2D eigenvalue weighted by molar-refractivity contribution is 6.30. The van der Waals surface area contributed by atoms with Crippen molar-refractivity contribution in [1.29, 1.82) is 0 Å². The van der Waals surface area contributed by atoms with E-state index in [1.807, 2.05) is 47.0 Å². The van der Waals surface area contributed by atoms with Crippen molar-refractivity contribution >= 4 is 46.1 Å². The molecule has 9 heteroatoms. The summed E-state index contributed by atoms with van der Waals surface area (Å²) in [5.74, 6) is 1.40. The zero-order chi connectivity index (χ0) is 23.2. The summed E-state index contributed by atoms with van der Waals surface area (Å²) >= 11 is 5.93. The molecular formula is C25H19ClN4O4. The van der Waals surface area contributed by atoms with Gasteiger partial charge in [-0.3, -0.25) is 19.1 Å². The minimum absolute atomic E-state index is 0.0214. The number of nitrogens with one attached hydrogen (secondary N) is 1. The number of carbonyl (C=O) groups is 2. The number of carbonyl (C=O) groups excluding carboxylic acids is 2. The number of hydrogen-bond donors (Lipinski definition) is 1. The fourth-order valence-electron chi connectivity index (χ4n) is 4.39. The molecule has 2 aliphatic heterocycles. The largest absolute Gasteiger partial charge is 0.454 e. The monoisotopic (exact) mass is 474 g/mol. The van der Waals surface area contributed by atoms with Gasteiger partial charge < -0.3 is 14.8 Å². The van der Waals surface area contributed by atoms with Crippen LogP contribution in [0.1, 0.15) is 18.0 Å². The van der Waals surface area contributed by atoms with Crippen LogP contribution in [0.2, 0.25) is 5.02 Å². The zero-order valence-corrected chi connectivity index (χ0v) is 18.7. The average Bonchev–Trinajstić information content (AvgIpc) is 3.51. The molecule has 1 atom stereocenters. The van der Waals surface area contributed by atoms with Gasteiger partial charge in [0, 0.05) is 10.7 Å². The second-order valence-corrected chi connectivity index (χ2v) is 8.59. The van der Waals surface area contributed by atoms with Crippen molar-refractivity contribution < 1.29 is 19.1 Å². The van der Waals surface area contributed by atoms with Crippen LogP contribution in [0.3, 0.4) is 0 Å². The summed E-state index contributed by atoms with van der Waals surface area (Å²) < 4.78 is 12.7. The first kappa shape index (κ1) is 20.6. The summed E-state index contributed by atoms with van der Waals surface area (Å²) in [6.07, 6.45) is -0.0214. The van der Waals surface area contributed by atoms with E-state index in [9.17, 15) is 9.59 Å². The van der Waals surface area contributed by atoms with Crippen LogP contribution >= 0.6 is 11.6 Å². The van der Waals surface area contributed by atoms with Gasteiger partial charge in [0.2, 0.25) is 18.6 Å². The standard InChI is InChI=1S/C25H19ClN4O4/c26-16-6-8-17(9-7-16)27-23(31)12-20-24(32)29(13-15-5-10-21-22(11-15)34-14-33-21)25-28-18-3-1-2-4-19(18)30(20)25/h1-11,20H,12-14H2,(H,27,31)/t20-/m1/s1. The Labute approximate surface area is 199 Å². The van der Waals surface area contributed by atoms with Crippen LogP contribution < -0.4 is 19.7 Å². The molecule has 170 valence electrons. The van der Waals surface area contributed by atoms with Crippen LogP contribution in [-0.4, -0.2) is 28.2 Å². The summed E-state index contributed by atoms with van der Waals surface area (Å²) in [4.78, 5) is 32.8. The van der Waals surface area contributed by atoms with Crippen molar-refractivity contribution in [2.45, 2.75) is 19.0 Å². The van der Waals surface area contributed by atoms with Gasteiger partial charge in [0.15, 0.2) is 11.5 Å². The summed E-state index contributed by atoms with van der Waals surface area (Å²) in [7, 11) is 0. The molecule has 4 aromatic rings. The molecule has 3 heterocycles. The molecule has 2 aliphatic rings. The van der Waals surface area contributed by atoms with Gasteiger partial charge in [-0.2, -0.15) is 0 Å². The zero-order valence-electron chi connectivity index (χ0n) is 17.9. The van der Waals surface area contributed by atoms with E-state index in [2.05, 4.69) is 5.32 Å². The summed E-state index contributed by atoms with van der Waals surface area (Å²) in [6, 6.07) is 19.3. The molecule has 0 saturated heterocycles. The van der Waals surface area contributed by atoms with E-state index in [-0.39, 0.29) is 25.0 Å².